The van der Waals surface area contributed by atoms with Crippen molar-refractivity contribution >= 4 is 23.2 Å². The number of carbonyl (C=O) groups is 1. The van der Waals surface area contributed by atoms with E-state index in [1.54, 1.807) is 12.3 Å². The summed E-state index contributed by atoms with van der Waals surface area (Å²) in [4.78, 5) is 16.6. The first-order chi connectivity index (χ1) is 12.5. The quantitative estimate of drug-likeness (QED) is 0.711. The lowest BCUT2D eigenvalue weighted by atomic mass is 10.0. The van der Waals surface area contributed by atoms with E-state index in [4.69, 9.17) is 17.3 Å². The molecule has 1 amide bonds. The minimum atomic E-state index is -0.636. The Morgan fingerprint density at radius 2 is 1.88 bits per heavy atom. The van der Waals surface area contributed by atoms with Gasteiger partial charge in [-0.2, -0.15) is 0 Å². The van der Waals surface area contributed by atoms with Crippen LogP contribution in [0, 0.1) is 6.92 Å². The number of aryl methyl sites for hydroxylation is 1. The molecule has 0 radical (unpaired) electrons. The van der Waals surface area contributed by atoms with Crippen LogP contribution in [0.2, 0.25) is 5.02 Å². The van der Waals surface area contributed by atoms with Gasteiger partial charge in [0.25, 0.3) is 0 Å². The van der Waals surface area contributed by atoms with Crippen LogP contribution < -0.4 is 11.1 Å². The third kappa shape index (κ3) is 4.69. The average Bonchev–Trinajstić information content (AvgIpc) is 2.62. The predicted molar refractivity (Wildman–Crippen MR) is 106 cm³/mol. The van der Waals surface area contributed by atoms with Gasteiger partial charge in [-0.1, -0.05) is 41.9 Å². The Bertz CT molecular complexity index is 912. The maximum Gasteiger partial charge on any atom is 0.241 e. The van der Waals surface area contributed by atoms with Crippen molar-refractivity contribution in [2.75, 3.05) is 5.32 Å². The first kappa shape index (κ1) is 18.1. The molecule has 0 spiro atoms. The van der Waals surface area contributed by atoms with E-state index in [9.17, 15) is 4.79 Å². The maximum absolute atomic E-state index is 12.4. The van der Waals surface area contributed by atoms with Crippen molar-refractivity contribution in [1.82, 2.24) is 4.98 Å². The summed E-state index contributed by atoms with van der Waals surface area (Å²) in [7, 11) is 0. The molecule has 2 aromatic carbocycles. The van der Waals surface area contributed by atoms with Crippen LogP contribution in [0.25, 0.3) is 11.1 Å². The first-order valence-electron chi connectivity index (χ1n) is 8.35. The number of nitrogens with one attached hydrogen (secondary N) is 1. The highest BCUT2D eigenvalue weighted by atomic mass is 35.5. The van der Waals surface area contributed by atoms with E-state index >= 15 is 0 Å². The number of nitrogens with two attached hydrogens (primary N) is 1. The zero-order chi connectivity index (χ0) is 18.5. The van der Waals surface area contributed by atoms with Gasteiger partial charge in [-0.05, 0) is 60.4 Å². The van der Waals surface area contributed by atoms with Crippen LogP contribution in [-0.4, -0.2) is 16.9 Å². The molecule has 0 aliphatic carbocycles. The highest BCUT2D eigenvalue weighted by molar-refractivity contribution is 6.31. The molecule has 5 heteroatoms. The Labute approximate surface area is 158 Å². The number of pyridine rings is 1. The Balaban J connectivity index is 1.76. The fraction of sp³-hybridized carbons (Fsp3) is 0.143. The van der Waals surface area contributed by atoms with E-state index in [2.05, 4.69) is 10.3 Å². The fourth-order valence-electron chi connectivity index (χ4n) is 2.75. The van der Waals surface area contributed by atoms with Crippen LogP contribution in [0.4, 0.5) is 5.69 Å². The highest BCUT2D eigenvalue weighted by Crippen LogP contribution is 2.27. The van der Waals surface area contributed by atoms with Gasteiger partial charge in [0.2, 0.25) is 5.91 Å². The molecule has 0 bridgehead atoms. The van der Waals surface area contributed by atoms with Crippen LogP contribution in [0.15, 0.2) is 66.9 Å². The summed E-state index contributed by atoms with van der Waals surface area (Å²) in [6.45, 7) is 1.93. The van der Waals surface area contributed by atoms with E-state index in [1.165, 1.54) is 0 Å². The summed E-state index contributed by atoms with van der Waals surface area (Å²) in [5.41, 5.74) is 10.5. The molecule has 1 heterocycles. The van der Waals surface area contributed by atoms with Gasteiger partial charge in [0.15, 0.2) is 0 Å². The number of aromatic nitrogens is 1. The van der Waals surface area contributed by atoms with E-state index in [0.29, 0.717) is 17.1 Å². The van der Waals surface area contributed by atoms with Crippen molar-refractivity contribution in [3.8, 4) is 11.1 Å². The molecular weight excluding hydrogens is 346 g/mol. The summed E-state index contributed by atoms with van der Waals surface area (Å²) in [5.74, 6) is -0.243. The standard InChI is InChI=1S/C21H20ClN3O/c1-14-9-16(7-8-24-14)17-11-18(22)13-19(12-17)25-21(26)20(23)10-15-5-3-2-4-6-15/h2-9,11-13,20H,10,23H2,1H3,(H,25,26)/t20-/m0/s1. The van der Waals surface area contributed by atoms with Crippen molar-refractivity contribution in [2.45, 2.75) is 19.4 Å². The molecule has 3 N–H and O–H groups in total. The third-order valence-electron chi connectivity index (χ3n) is 4.03. The molecule has 132 valence electrons. The Hall–Kier alpha value is -2.69. The smallest absolute Gasteiger partial charge is 0.241 e. The second-order valence-corrected chi connectivity index (χ2v) is 6.64. The topological polar surface area (TPSA) is 68.0 Å². The number of rotatable bonds is 5. The molecule has 0 aliphatic heterocycles. The monoisotopic (exact) mass is 365 g/mol. The van der Waals surface area contributed by atoms with Crippen LogP contribution >= 0.6 is 11.6 Å². The third-order valence-corrected chi connectivity index (χ3v) is 4.25. The fourth-order valence-corrected chi connectivity index (χ4v) is 2.98. The minimum Gasteiger partial charge on any atom is -0.325 e. The number of amides is 1. The number of hydrogen-bond acceptors (Lipinski definition) is 3. The predicted octanol–water partition coefficient (Wildman–Crippen LogP) is 4.22. The summed E-state index contributed by atoms with van der Waals surface area (Å²) in [6.07, 6.45) is 2.23. The van der Waals surface area contributed by atoms with Crippen molar-refractivity contribution in [3.63, 3.8) is 0 Å². The Kier molecular flexibility index (Phi) is 5.66. The molecule has 0 fully saturated rings. The molecule has 3 rings (SSSR count). The van der Waals surface area contributed by atoms with Crippen LogP contribution in [0.5, 0.6) is 0 Å². The number of halogens is 1. The highest BCUT2D eigenvalue weighted by Gasteiger charge is 2.15. The molecule has 4 nitrogen and oxygen atoms in total. The van der Waals surface area contributed by atoms with Crippen molar-refractivity contribution in [3.05, 3.63) is 83.1 Å². The summed E-state index contributed by atoms with van der Waals surface area (Å²) in [5, 5.41) is 3.41. The summed E-state index contributed by atoms with van der Waals surface area (Å²) in [6, 6.07) is 18.4. The normalized spacial score (nSPS) is 11.8. The number of anilines is 1. The van der Waals surface area contributed by atoms with Gasteiger partial charge in [-0.25, -0.2) is 0 Å². The molecule has 3 aromatic rings. The second kappa shape index (κ2) is 8.13. The van der Waals surface area contributed by atoms with Gasteiger partial charge in [-0.3, -0.25) is 9.78 Å². The number of carbonyl (C=O) groups excluding carboxylic acids is 1. The summed E-state index contributed by atoms with van der Waals surface area (Å²) >= 11 is 6.23. The Morgan fingerprint density at radius 1 is 1.12 bits per heavy atom. The number of benzene rings is 2. The van der Waals surface area contributed by atoms with Gasteiger partial charge in [0.05, 0.1) is 6.04 Å². The van der Waals surface area contributed by atoms with Gasteiger partial charge in [-0.15, -0.1) is 0 Å². The van der Waals surface area contributed by atoms with Crippen LogP contribution in [0.3, 0.4) is 0 Å². The Morgan fingerprint density at radius 3 is 2.62 bits per heavy atom. The minimum absolute atomic E-state index is 0.243. The molecule has 0 aliphatic rings. The molecular formula is C21H20ClN3O. The molecule has 0 saturated heterocycles. The molecule has 1 aromatic heterocycles. The maximum atomic E-state index is 12.4. The van der Waals surface area contributed by atoms with Gasteiger partial charge in [0.1, 0.15) is 0 Å². The van der Waals surface area contributed by atoms with Crippen molar-refractivity contribution < 1.29 is 4.79 Å². The zero-order valence-corrected chi connectivity index (χ0v) is 15.2. The molecule has 26 heavy (non-hydrogen) atoms. The van der Waals surface area contributed by atoms with E-state index in [0.717, 1.165) is 22.4 Å². The molecule has 0 unspecified atom stereocenters. The molecule has 1 atom stereocenters. The van der Waals surface area contributed by atoms with Crippen molar-refractivity contribution in [1.29, 1.82) is 0 Å². The first-order valence-corrected chi connectivity index (χ1v) is 8.73. The second-order valence-electron chi connectivity index (χ2n) is 6.20. The number of hydrogen-bond donors (Lipinski definition) is 2. The lowest BCUT2D eigenvalue weighted by Gasteiger charge is -2.14. The van der Waals surface area contributed by atoms with Crippen molar-refractivity contribution in [2.24, 2.45) is 5.73 Å². The van der Waals surface area contributed by atoms with E-state index in [-0.39, 0.29) is 5.91 Å². The van der Waals surface area contributed by atoms with E-state index < -0.39 is 6.04 Å². The van der Waals surface area contributed by atoms with E-state index in [1.807, 2.05) is 61.5 Å². The van der Waals surface area contributed by atoms with Crippen LogP contribution in [0.1, 0.15) is 11.3 Å². The van der Waals surface area contributed by atoms with Gasteiger partial charge >= 0.3 is 0 Å². The molecule has 0 saturated carbocycles. The summed E-state index contributed by atoms with van der Waals surface area (Å²) < 4.78 is 0. The largest absolute Gasteiger partial charge is 0.325 e. The average molecular weight is 366 g/mol. The zero-order valence-electron chi connectivity index (χ0n) is 14.4. The SMILES string of the molecule is Cc1cc(-c2cc(Cl)cc(NC(=O)[C@@H](N)Cc3ccccc3)c2)ccn1. The lowest BCUT2D eigenvalue weighted by molar-refractivity contribution is -0.117. The number of nitrogens with zero attached hydrogens (tertiary/aromatic N) is 1. The van der Waals surface area contributed by atoms with Crippen LogP contribution in [-0.2, 0) is 11.2 Å². The van der Waals surface area contributed by atoms with Gasteiger partial charge < -0.3 is 11.1 Å². The van der Waals surface area contributed by atoms with Gasteiger partial charge in [0, 0.05) is 22.6 Å². The lowest BCUT2D eigenvalue weighted by Crippen LogP contribution is -2.37.